The Balaban J connectivity index is 2.68. The maximum Gasteiger partial charge on any atom is 0.319 e. The van der Waals surface area contributed by atoms with Crippen LogP contribution >= 0.6 is 0 Å². The van der Waals surface area contributed by atoms with Crippen LogP contribution in [0, 0.1) is 12.8 Å². The predicted octanol–water partition coefficient (Wildman–Crippen LogP) is 2.59. The van der Waals surface area contributed by atoms with Crippen LogP contribution in [0.4, 0.5) is 10.5 Å². The van der Waals surface area contributed by atoms with E-state index in [2.05, 4.69) is 10.6 Å². The summed E-state index contributed by atoms with van der Waals surface area (Å²) in [6.07, 6.45) is 0.784. The summed E-state index contributed by atoms with van der Waals surface area (Å²) in [6.45, 7) is 6.48. The van der Waals surface area contributed by atoms with Gasteiger partial charge in [-0.25, -0.2) is 4.79 Å². The highest BCUT2D eigenvalue weighted by Gasteiger charge is 2.06. The fraction of sp³-hybridized carbons (Fsp3) is 0.385. The second-order valence-electron chi connectivity index (χ2n) is 4.37. The van der Waals surface area contributed by atoms with Gasteiger partial charge in [0.2, 0.25) is 0 Å². The minimum absolute atomic E-state index is 0.246. The first-order valence-electron chi connectivity index (χ1n) is 5.64. The average molecular weight is 234 g/mol. The first kappa shape index (κ1) is 13.2. The summed E-state index contributed by atoms with van der Waals surface area (Å²) in [5, 5.41) is 5.49. The fourth-order valence-corrected chi connectivity index (χ4v) is 1.38. The van der Waals surface area contributed by atoms with Crippen molar-refractivity contribution >= 4 is 18.0 Å². The quantitative estimate of drug-likeness (QED) is 0.787. The third-order valence-corrected chi connectivity index (χ3v) is 2.42. The number of benzene rings is 1. The van der Waals surface area contributed by atoms with Gasteiger partial charge >= 0.3 is 6.03 Å². The van der Waals surface area contributed by atoms with Crippen molar-refractivity contribution in [2.45, 2.75) is 20.8 Å². The van der Waals surface area contributed by atoms with E-state index in [1.165, 1.54) is 0 Å². The minimum atomic E-state index is -0.246. The van der Waals surface area contributed by atoms with Crippen LogP contribution in [-0.4, -0.2) is 18.9 Å². The molecule has 0 fully saturated rings. The summed E-state index contributed by atoms with van der Waals surface area (Å²) in [4.78, 5) is 22.3. The molecule has 2 amide bonds. The van der Waals surface area contributed by atoms with E-state index in [1.54, 1.807) is 18.2 Å². The molecular formula is C13H18N2O2. The number of nitrogens with one attached hydrogen (secondary N) is 2. The third kappa shape index (κ3) is 3.90. The topological polar surface area (TPSA) is 58.2 Å². The van der Waals surface area contributed by atoms with E-state index in [-0.39, 0.29) is 6.03 Å². The molecule has 1 aromatic carbocycles. The van der Waals surface area contributed by atoms with E-state index in [1.807, 2.05) is 20.8 Å². The summed E-state index contributed by atoms with van der Waals surface area (Å²) >= 11 is 0. The van der Waals surface area contributed by atoms with Gasteiger partial charge in [-0.05, 0) is 24.5 Å². The number of hydrogen-bond acceptors (Lipinski definition) is 2. The molecule has 0 atom stereocenters. The Morgan fingerprint density at radius 2 is 2.12 bits per heavy atom. The maximum atomic E-state index is 11.6. The molecule has 1 aromatic rings. The molecule has 0 aliphatic heterocycles. The molecule has 92 valence electrons. The first-order valence-corrected chi connectivity index (χ1v) is 5.64. The second kappa shape index (κ2) is 6.03. The lowest BCUT2D eigenvalue weighted by atomic mass is 10.1. The van der Waals surface area contributed by atoms with Crippen molar-refractivity contribution in [3.63, 3.8) is 0 Å². The van der Waals surface area contributed by atoms with E-state index in [4.69, 9.17) is 0 Å². The summed E-state index contributed by atoms with van der Waals surface area (Å²) < 4.78 is 0. The Hall–Kier alpha value is -1.84. The van der Waals surface area contributed by atoms with Crippen LogP contribution in [0.3, 0.4) is 0 Å². The number of aldehydes is 1. The van der Waals surface area contributed by atoms with Crippen molar-refractivity contribution in [1.29, 1.82) is 0 Å². The van der Waals surface area contributed by atoms with E-state index in [9.17, 15) is 9.59 Å². The number of amides is 2. The normalized spacial score (nSPS) is 10.1. The lowest BCUT2D eigenvalue weighted by Crippen LogP contribution is -2.31. The zero-order valence-electron chi connectivity index (χ0n) is 10.4. The Morgan fingerprint density at radius 1 is 1.41 bits per heavy atom. The molecule has 0 aliphatic rings. The van der Waals surface area contributed by atoms with E-state index < -0.39 is 0 Å². The van der Waals surface area contributed by atoms with Crippen LogP contribution in [0.15, 0.2) is 18.2 Å². The van der Waals surface area contributed by atoms with Gasteiger partial charge in [0.1, 0.15) is 6.29 Å². The average Bonchev–Trinajstić information content (AvgIpc) is 2.29. The molecular weight excluding hydrogens is 216 g/mol. The summed E-state index contributed by atoms with van der Waals surface area (Å²) in [7, 11) is 0. The van der Waals surface area contributed by atoms with Gasteiger partial charge < -0.3 is 10.6 Å². The smallest absolute Gasteiger partial charge is 0.319 e. The van der Waals surface area contributed by atoms with Crippen LogP contribution in [0.5, 0.6) is 0 Å². The largest absolute Gasteiger partial charge is 0.338 e. The van der Waals surface area contributed by atoms with Crippen molar-refractivity contribution in [1.82, 2.24) is 5.32 Å². The van der Waals surface area contributed by atoms with Crippen LogP contribution in [0.25, 0.3) is 0 Å². The molecule has 0 heterocycles. The predicted molar refractivity (Wildman–Crippen MR) is 68.4 cm³/mol. The Morgan fingerprint density at radius 3 is 2.71 bits per heavy atom. The van der Waals surface area contributed by atoms with Gasteiger partial charge in [0.05, 0.1) is 0 Å². The fourth-order valence-electron chi connectivity index (χ4n) is 1.38. The van der Waals surface area contributed by atoms with Gasteiger partial charge in [0, 0.05) is 17.8 Å². The maximum absolute atomic E-state index is 11.6. The summed E-state index contributed by atoms with van der Waals surface area (Å²) in [5.74, 6) is 0.406. The molecule has 0 bridgehead atoms. The van der Waals surface area contributed by atoms with Crippen molar-refractivity contribution < 1.29 is 9.59 Å². The molecule has 17 heavy (non-hydrogen) atoms. The molecule has 0 saturated carbocycles. The Bertz CT molecular complexity index is 414. The molecule has 4 nitrogen and oxygen atoms in total. The number of carbonyl (C=O) groups excluding carboxylic acids is 2. The Kier molecular flexibility index (Phi) is 4.69. The van der Waals surface area contributed by atoms with Crippen molar-refractivity contribution in [2.75, 3.05) is 11.9 Å². The van der Waals surface area contributed by atoms with Gasteiger partial charge in [0.15, 0.2) is 0 Å². The zero-order valence-corrected chi connectivity index (χ0v) is 10.4. The lowest BCUT2D eigenvalue weighted by molar-refractivity contribution is 0.112. The van der Waals surface area contributed by atoms with Crippen molar-refractivity contribution in [3.05, 3.63) is 29.3 Å². The van der Waals surface area contributed by atoms with Gasteiger partial charge in [-0.3, -0.25) is 4.79 Å². The molecule has 0 aromatic heterocycles. The minimum Gasteiger partial charge on any atom is -0.338 e. The number of hydrogen-bond donors (Lipinski definition) is 2. The number of anilines is 1. The Labute approximate surface area is 101 Å². The standard InChI is InChI=1S/C13H18N2O2/c1-9(2)7-14-13(17)15-12-6-4-5-11(8-16)10(12)3/h4-6,8-9H,7H2,1-3H3,(H2,14,15,17). The molecule has 0 unspecified atom stereocenters. The van der Waals surface area contributed by atoms with Crippen LogP contribution in [0.1, 0.15) is 29.8 Å². The molecule has 1 rings (SSSR count). The van der Waals surface area contributed by atoms with Crippen molar-refractivity contribution in [3.8, 4) is 0 Å². The van der Waals surface area contributed by atoms with Gasteiger partial charge in [-0.1, -0.05) is 26.0 Å². The van der Waals surface area contributed by atoms with Crippen molar-refractivity contribution in [2.24, 2.45) is 5.92 Å². The first-order chi connectivity index (χ1) is 8.04. The van der Waals surface area contributed by atoms with E-state index in [0.717, 1.165) is 11.8 Å². The highest BCUT2D eigenvalue weighted by molar-refractivity contribution is 5.92. The van der Waals surface area contributed by atoms with Crippen LogP contribution in [-0.2, 0) is 0 Å². The second-order valence-corrected chi connectivity index (χ2v) is 4.37. The third-order valence-electron chi connectivity index (χ3n) is 2.42. The van der Waals surface area contributed by atoms with E-state index >= 15 is 0 Å². The van der Waals surface area contributed by atoms with Crippen LogP contribution < -0.4 is 10.6 Å². The van der Waals surface area contributed by atoms with Crippen LogP contribution in [0.2, 0.25) is 0 Å². The zero-order chi connectivity index (χ0) is 12.8. The molecule has 0 spiro atoms. The number of carbonyl (C=O) groups is 2. The molecule has 0 aliphatic carbocycles. The molecule has 0 radical (unpaired) electrons. The monoisotopic (exact) mass is 234 g/mol. The highest BCUT2D eigenvalue weighted by Crippen LogP contribution is 2.17. The highest BCUT2D eigenvalue weighted by atomic mass is 16.2. The molecule has 0 saturated heterocycles. The molecule has 2 N–H and O–H groups in total. The summed E-state index contributed by atoms with van der Waals surface area (Å²) in [6, 6.07) is 5.00. The van der Waals surface area contributed by atoms with E-state index in [0.29, 0.717) is 23.7 Å². The molecule has 4 heteroatoms. The van der Waals surface area contributed by atoms with Gasteiger partial charge in [0.25, 0.3) is 0 Å². The number of urea groups is 1. The summed E-state index contributed by atoms with van der Waals surface area (Å²) in [5.41, 5.74) is 2.03. The lowest BCUT2D eigenvalue weighted by Gasteiger charge is -2.12. The van der Waals surface area contributed by atoms with Gasteiger partial charge in [-0.15, -0.1) is 0 Å². The van der Waals surface area contributed by atoms with Gasteiger partial charge in [-0.2, -0.15) is 0 Å². The SMILES string of the molecule is Cc1c(C=O)cccc1NC(=O)NCC(C)C. The number of rotatable bonds is 4.